The predicted octanol–water partition coefficient (Wildman–Crippen LogP) is 9.21. The van der Waals surface area contributed by atoms with Crippen LogP contribution < -0.4 is 21.3 Å². The smallest absolute Gasteiger partial charge is 0.333 e. The molecule has 4 N–H and O–H groups in total. The number of hydrogen-bond donors (Lipinski definition) is 4. The van der Waals surface area contributed by atoms with Gasteiger partial charge >= 0.3 is 11.9 Å². The van der Waals surface area contributed by atoms with Gasteiger partial charge in [-0.25, -0.2) is 18.0 Å². The lowest BCUT2D eigenvalue weighted by atomic mass is 9.81. The zero-order valence-electron chi connectivity index (χ0n) is 69.1. The summed E-state index contributed by atoms with van der Waals surface area (Å²) >= 11 is 0. The Kier molecular flexibility index (Phi) is 49.6. The van der Waals surface area contributed by atoms with Gasteiger partial charge in [0.1, 0.15) is 5.78 Å². The Morgan fingerprint density at radius 3 is 1.12 bits per heavy atom. The van der Waals surface area contributed by atoms with Gasteiger partial charge in [-0.3, -0.25) is 86.6 Å². The van der Waals surface area contributed by atoms with E-state index < -0.39 is 57.1 Å². The first-order chi connectivity index (χ1) is 53.4. The zero-order chi connectivity index (χ0) is 84.6. The summed E-state index contributed by atoms with van der Waals surface area (Å²) in [5.74, 6) is -2.19. The molecule has 31 heteroatoms. The van der Waals surface area contributed by atoms with Crippen LogP contribution in [0.1, 0.15) is 281 Å². The molecule has 0 radical (unpaired) electrons. The topological polar surface area (TPSA) is 407 Å². The van der Waals surface area contributed by atoms with Gasteiger partial charge < -0.3 is 30.9 Å². The van der Waals surface area contributed by atoms with Gasteiger partial charge in [-0.1, -0.05) is 140 Å². The minimum Gasteiger partial charge on any atom is -0.356 e. The highest BCUT2D eigenvalue weighted by Crippen LogP contribution is 2.31. The largest absolute Gasteiger partial charge is 0.356 e. The van der Waals surface area contributed by atoms with Gasteiger partial charge in [0, 0.05) is 152 Å². The molecule has 30 nitrogen and oxygen atoms in total. The monoisotopic (exact) mass is 1610 g/mol. The summed E-state index contributed by atoms with van der Waals surface area (Å²) in [5, 5.41) is 10.7. The quantitative estimate of drug-likeness (QED) is 0.0325. The van der Waals surface area contributed by atoms with Crippen molar-refractivity contribution in [3.63, 3.8) is 0 Å². The Bertz CT molecular complexity index is 3300. The SMILES string of the molecule is CC(C)CCCCCC(=O)CCN1C(=O)C=CC1=O.CC(C)CCCCNC(=O)C1CCC(CN2C(=O)C=CC2=O)CC1.CC(C)CCCCNC(=O)CCCC(=O)ON1C(=O)CC(S(C)(=O)=O)C1=O.CC(C)CCCCNC(=O)CCCC(=O)ON1C(=O)CCC1=O.CC(C)CCCCNC(=O)CCCN1C(=O)C=CC1=O. The highest BCUT2D eigenvalue weighted by Gasteiger charge is 2.47. The molecule has 1 unspecified atom stereocenters. The molecule has 0 bridgehead atoms. The van der Waals surface area contributed by atoms with Crippen molar-refractivity contribution in [3.05, 3.63) is 36.5 Å². The minimum absolute atomic E-state index is 0.00215. The van der Waals surface area contributed by atoms with Crippen molar-refractivity contribution in [3.8, 4) is 0 Å². The number of hydrogen-bond acceptors (Lipinski definition) is 21. The van der Waals surface area contributed by atoms with Crippen molar-refractivity contribution in [2.75, 3.05) is 52.1 Å². The molecule has 1 aliphatic carbocycles. The van der Waals surface area contributed by atoms with Crippen LogP contribution in [0.4, 0.5) is 0 Å². The Morgan fingerprint density at radius 2 is 0.743 bits per heavy atom. The number of imide groups is 5. The van der Waals surface area contributed by atoms with Crippen LogP contribution in [0.25, 0.3) is 0 Å². The second kappa shape index (κ2) is 55.8. The van der Waals surface area contributed by atoms with Crippen LogP contribution in [-0.2, 0) is 101 Å². The molecule has 6 rings (SSSR count). The van der Waals surface area contributed by atoms with E-state index in [0.29, 0.717) is 87.1 Å². The van der Waals surface area contributed by atoms with E-state index in [0.717, 1.165) is 144 Å². The standard InChI is InChI=1S/C19H30N2O3.C17H28N2O7S.C16H26N2O5.C15H24N2O3.C15H23NO3/c1-14(2)5-3-4-12-20-19(24)16-8-6-15(7-9-16)13-21-17(22)10-11-18(21)23;1-12(2)7-4-5-10-18-14(20)8-6-9-16(22)26-19-15(21)11-13(17(19)23)27(3,24)25;1-12(2)6-3-4-11-17-13(19)7-5-8-16(22)23-18-14(20)9-10-15(18)21;1-12(2)6-3-4-10-16-13(18)7-5-11-17-14(19)8-9-15(17)20;1-12(2)6-4-3-5-7-13(17)10-11-16-14(18)8-9-15(16)19/h10-11,14-16H,3-9,12-13H2,1-2H3,(H,20,24);12-13H,4-11H2,1-3H3,(H,18,20);12H,3-11H2,1-2H3,(H,17,19);8-9,12H,3-7,10-11H2,1-2H3,(H,16,18);8-9,12H,3-7,10-11H2,1-2H3. The van der Waals surface area contributed by atoms with Crippen molar-refractivity contribution < 1.29 is 99.6 Å². The van der Waals surface area contributed by atoms with E-state index in [2.05, 4.69) is 95.3 Å². The number of Topliss-reactive ketones (excluding diaryl/α,β-unsaturated/α-hetero) is 1. The number of sulfone groups is 1. The molecule has 5 aliphatic heterocycles. The lowest BCUT2D eigenvalue weighted by molar-refractivity contribution is -0.197. The fraction of sp³-hybridized carbons (Fsp3) is 0.720. The van der Waals surface area contributed by atoms with E-state index in [1.807, 2.05) is 0 Å². The molecule has 2 saturated heterocycles. The summed E-state index contributed by atoms with van der Waals surface area (Å²) in [5.41, 5.74) is 0. The van der Waals surface area contributed by atoms with Gasteiger partial charge in [-0.2, -0.15) is 0 Å². The fourth-order valence-electron chi connectivity index (χ4n) is 12.4. The highest BCUT2D eigenvalue weighted by molar-refractivity contribution is 7.92. The first-order valence-corrected chi connectivity index (χ1v) is 42.9. The van der Waals surface area contributed by atoms with Crippen molar-refractivity contribution in [2.45, 2.75) is 286 Å². The maximum atomic E-state index is 12.2. The number of amides is 14. The molecule has 5 heterocycles. The van der Waals surface area contributed by atoms with Gasteiger partial charge in [0.15, 0.2) is 15.1 Å². The molecule has 6 aliphatic rings. The van der Waals surface area contributed by atoms with Gasteiger partial charge in [-0.15, -0.1) is 10.1 Å². The van der Waals surface area contributed by atoms with E-state index in [1.165, 1.54) is 60.6 Å². The fourth-order valence-corrected chi connectivity index (χ4v) is 13.3. The minimum atomic E-state index is -3.76. The van der Waals surface area contributed by atoms with E-state index in [1.54, 1.807) is 0 Å². The average Bonchev–Trinajstić information content (AvgIpc) is 1.65. The van der Waals surface area contributed by atoms with Gasteiger partial charge in [-0.05, 0) is 113 Å². The molecule has 0 aromatic carbocycles. The Labute approximate surface area is 669 Å². The van der Waals surface area contributed by atoms with E-state index in [9.17, 15) is 89.9 Å². The third-order valence-electron chi connectivity index (χ3n) is 19.1. The number of nitrogens with zero attached hydrogens (tertiary/aromatic N) is 5. The Hall–Kier alpha value is -8.64. The summed E-state index contributed by atoms with van der Waals surface area (Å²) < 4.78 is 22.9. The van der Waals surface area contributed by atoms with Crippen LogP contribution in [0.3, 0.4) is 0 Å². The molecule has 1 atom stereocenters. The summed E-state index contributed by atoms with van der Waals surface area (Å²) in [4.78, 5) is 209. The maximum Gasteiger partial charge on any atom is 0.333 e. The number of rotatable bonds is 47. The maximum absolute atomic E-state index is 12.2. The second-order valence-electron chi connectivity index (χ2n) is 31.7. The first kappa shape index (κ1) is 100. The highest BCUT2D eigenvalue weighted by atomic mass is 32.2. The Morgan fingerprint density at radius 1 is 0.389 bits per heavy atom. The second-order valence-corrected chi connectivity index (χ2v) is 33.9. The van der Waals surface area contributed by atoms with E-state index in [4.69, 9.17) is 4.84 Å². The molecule has 14 amide bonds. The number of hydroxylamine groups is 4. The normalized spacial score (nSPS) is 17.3. The van der Waals surface area contributed by atoms with Crippen LogP contribution in [0.15, 0.2) is 36.5 Å². The molecule has 0 aromatic heterocycles. The predicted molar refractivity (Wildman–Crippen MR) is 423 cm³/mol. The summed E-state index contributed by atoms with van der Waals surface area (Å²) in [7, 11) is -3.76. The van der Waals surface area contributed by atoms with Gasteiger partial charge in [0.05, 0.1) is 6.42 Å². The third kappa shape index (κ3) is 44.6. The molecule has 0 spiro atoms. The van der Waals surface area contributed by atoms with Crippen LogP contribution in [0.2, 0.25) is 0 Å². The van der Waals surface area contributed by atoms with Crippen LogP contribution >= 0.6 is 0 Å². The average molecular weight is 1610 g/mol. The zero-order valence-corrected chi connectivity index (χ0v) is 69.9. The number of carbonyl (C=O) groups is 17. The van der Waals surface area contributed by atoms with E-state index in [-0.39, 0.29) is 134 Å². The molecule has 113 heavy (non-hydrogen) atoms. The van der Waals surface area contributed by atoms with E-state index >= 15 is 0 Å². The molecule has 0 aromatic rings. The molecule has 1 saturated carbocycles. The lowest BCUT2D eigenvalue weighted by Crippen LogP contribution is -2.38. The van der Waals surface area contributed by atoms with Crippen molar-refractivity contribution in [1.29, 1.82) is 0 Å². The third-order valence-corrected chi connectivity index (χ3v) is 20.5. The number of carbonyl (C=O) groups excluding carboxylic acids is 17. The number of unbranched alkanes of at least 4 members (excludes halogenated alkanes) is 6. The van der Waals surface area contributed by atoms with Crippen LogP contribution in [0, 0.1) is 41.4 Å². The van der Waals surface area contributed by atoms with Crippen molar-refractivity contribution in [1.82, 2.24) is 46.1 Å². The van der Waals surface area contributed by atoms with Crippen LogP contribution in [0.5, 0.6) is 0 Å². The van der Waals surface area contributed by atoms with Crippen molar-refractivity contribution in [2.24, 2.45) is 41.4 Å². The Balaban J connectivity index is 0.000000482. The molecule has 636 valence electrons. The number of ketones is 1. The van der Waals surface area contributed by atoms with Gasteiger partial charge in [0.25, 0.3) is 59.1 Å². The number of nitrogens with one attached hydrogen (secondary N) is 4. The summed E-state index contributed by atoms with van der Waals surface area (Å²) in [6, 6.07) is 0. The van der Waals surface area contributed by atoms with Gasteiger partial charge in [0.2, 0.25) is 23.6 Å². The van der Waals surface area contributed by atoms with Crippen LogP contribution in [-0.4, -0.2) is 191 Å². The molecular formula is C82H131N9O21S. The van der Waals surface area contributed by atoms with Crippen molar-refractivity contribution >= 4 is 110 Å². The summed E-state index contributed by atoms with van der Waals surface area (Å²) in [6.45, 7) is 25.6. The lowest BCUT2D eigenvalue weighted by Gasteiger charge is -2.30. The molecule has 3 fully saturated rings. The molecular weight excluding hydrogens is 1480 g/mol. The summed E-state index contributed by atoms with van der Waals surface area (Å²) in [6.07, 6.45) is 31.4. The first-order valence-electron chi connectivity index (χ1n) is 40.9.